The lowest BCUT2D eigenvalue weighted by Crippen LogP contribution is -2.32. The summed E-state index contributed by atoms with van der Waals surface area (Å²) in [5.41, 5.74) is 1.58. The second kappa shape index (κ2) is 9.37. The summed E-state index contributed by atoms with van der Waals surface area (Å²) in [6.07, 6.45) is 4.50. The van der Waals surface area contributed by atoms with Crippen molar-refractivity contribution in [2.75, 3.05) is 16.3 Å². The highest BCUT2D eigenvalue weighted by Crippen LogP contribution is 2.42. The van der Waals surface area contributed by atoms with Crippen LogP contribution in [0.2, 0.25) is 10.0 Å². The molecule has 2 saturated heterocycles. The molecule has 2 aromatic rings. The lowest BCUT2D eigenvalue weighted by Gasteiger charge is -2.22. The van der Waals surface area contributed by atoms with E-state index in [9.17, 15) is 19.2 Å². The Labute approximate surface area is 218 Å². The number of hydrogen-bond donors (Lipinski definition) is 0. The Hall–Kier alpha value is -3.16. The molecule has 0 saturated carbocycles. The maximum absolute atomic E-state index is 13.1. The SMILES string of the molecule is Cc1cc(OC(=O)[C@@H]2CC(=O)N(c3cc(Cl)ccc3Cl)C2)ccc1N1C(=O)[C@H]2[C@@H](C)C=CC[C@H]2C1=O. The lowest BCUT2D eigenvalue weighted by molar-refractivity contribution is -0.139. The van der Waals surface area contributed by atoms with Crippen molar-refractivity contribution in [3.05, 3.63) is 64.2 Å². The monoisotopic (exact) mass is 526 g/mol. The van der Waals surface area contributed by atoms with Gasteiger partial charge in [0.05, 0.1) is 34.2 Å². The number of imide groups is 1. The van der Waals surface area contributed by atoms with Crippen LogP contribution >= 0.6 is 23.2 Å². The first-order chi connectivity index (χ1) is 17.2. The molecule has 3 aliphatic rings. The number of esters is 1. The molecule has 0 bridgehead atoms. The van der Waals surface area contributed by atoms with Gasteiger partial charge >= 0.3 is 5.97 Å². The lowest BCUT2D eigenvalue weighted by atomic mass is 9.78. The van der Waals surface area contributed by atoms with Crippen LogP contribution in [-0.2, 0) is 19.2 Å². The van der Waals surface area contributed by atoms with Crippen LogP contribution in [0.15, 0.2) is 48.6 Å². The van der Waals surface area contributed by atoms with E-state index in [0.717, 1.165) is 0 Å². The van der Waals surface area contributed by atoms with Crippen molar-refractivity contribution in [2.24, 2.45) is 23.7 Å². The van der Waals surface area contributed by atoms with Gasteiger partial charge in [-0.3, -0.25) is 19.2 Å². The molecule has 3 amide bonds. The molecule has 4 atom stereocenters. The minimum atomic E-state index is -0.675. The maximum atomic E-state index is 13.1. The molecule has 36 heavy (non-hydrogen) atoms. The molecule has 0 unspecified atom stereocenters. The molecule has 0 aromatic heterocycles. The van der Waals surface area contributed by atoms with Gasteiger partial charge in [0.25, 0.3) is 0 Å². The molecule has 2 heterocycles. The van der Waals surface area contributed by atoms with Crippen LogP contribution in [0.4, 0.5) is 11.4 Å². The van der Waals surface area contributed by atoms with Gasteiger partial charge in [0.2, 0.25) is 17.7 Å². The molecule has 186 valence electrons. The maximum Gasteiger partial charge on any atom is 0.316 e. The number of amides is 3. The van der Waals surface area contributed by atoms with Crippen molar-refractivity contribution in [2.45, 2.75) is 26.7 Å². The first-order valence-electron chi connectivity index (χ1n) is 11.8. The molecule has 1 aliphatic carbocycles. The van der Waals surface area contributed by atoms with Gasteiger partial charge < -0.3 is 9.64 Å². The number of carbonyl (C=O) groups is 4. The van der Waals surface area contributed by atoms with Crippen LogP contribution in [0.5, 0.6) is 5.75 Å². The van der Waals surface area contributed by atoms with Crippen molar-refractivity contribution in [1.29, 1.82) is 0 Å². The van der Waals surface area contributed by atoms with E-state index in [1.165, 1.54) is 9.80 Å². The van der Waals surface area contributed by atoms with Crippen molar-refractivity contribution < 1.29 is 23.9 Å². The normalized spacial score (nSPS) is 25.5. The molecule has 5 rings (SSSR count). The van der Waals surface area contributed by atoms with Crippen molar-refractivity contribution in [3.63, 3.8) is 0 Å². The number of carbonyl (C=O) groups excluding carboxylic acids is 4. The van der Waals surface area contributed by atoms with Crippen LogP contribution in [0.25, 0.3) is 0 Å². The molecule has 9 heteroatoms. The summed E-state index contributed by atoms with van der Waals surface area (Å²) in [5, 5.41) is 0.799. The average Bonchev–Trinajstić information content (AvgIpc) is 3.34. The number of aryl methyl sites for hydroxylation is 1. The van der Waals surface area contributed by atoms with Crippen LogP contribution in [0.1, 0.15) is 25.3 Å². The Kier molecular flexibility index (Phi) is 6.39. The number of rotatable bonds is 4. The summed E-state index contributed by atoms with van der Waals surface area (Å²) in [6.45, 7) is 3.84. The Morgan fingerprint density at radius 2 is 1.81 bits per heavy atom. The van der Waals surface area contributed by atoms with Gasteiger partial charge in [-0.25, -0.2) is 4.90 Å². The molecule has 0 radical (unpaired) electrons. The average molecular weight is 527 g/mol. The van der Waals surface area contributed by atoms with Gasteiger partial charge in [0.1, 0.15) is 5.75 Å². The van der Waals surface area contributed by atoms with E-state index in [4.69, 9.17) is 27.9 Å². The number of benzene rings is 2. The van der Waals surface area contributed by atoms with E-state index in [1.807, 2.05) is 19.1 Å². The fourth-order valence-electron chi connectivity index (χ4n) is 5.32. The zero-order valence-electron chi connectivity index (χ0n) is 19.7. The fraction of sp³-hybridized carbons (Fsp3) is 0.333. The predicted octanol–water partition coefficient (Wildman–Crippen LogP) is 4.96. The molecule has 0 N–H and O–H groups in total. The summed E-state index contributed by atoms with van der Waals surface area (Å²) >= 11 is 12.3. The summed E-state index contributed by atoms with van der Waals surface area (Å²) in [7, 11) is 0. The van der Waals surface area contributed by atoms with Crippen molar-refractivity contribution in [1.82, 2.24) is 0 Å². The number of ether oxygens (including phenoxy) is 1. The Morgan fingerprint density at radius 1 is 1.03 bits per heavy atom. The predicted molar refractivity (Wildman–Crippen MR) is 136 cm³/mol. The van der Waals surface area contributed by atoms with Gasteiger partial charge in [0, 0.05) is 18.0 Å². The molecule has 2 aliphatic heterocycles. The summed E-state index contributed by atoms with van der Waals surface area (Å²) in [6, 6.07) is 9.63. The number of fused-ring (bicyclic) bond motifs is 1. The van der Waals surface area contributed by atoms with Crippen LogP contribution in [0, 0.1) is 30.6 Å². The number of nitrogens with zero attached hydrogens (tertiary/aromatic N) is 2. The third kappa shape index (κ3) is 4.20. The Morgan fingerprint density at radius 3 is 2.53 bits per heavy atom. The second-order valence-corrected chi connectivity index (χ2v) is 10.4. The first kappa shape index (κ1) is 24.5. The van der Waals surface area contributed by atoms with E-state index < -0.39 is 11.9 Å². The molecule has 0 spiro atoms. The summed E-state index contributed by atoms with van der Waals surface area (Å²) in [5.74, 6) is -2.27. The van der Waals surface area contributed by atoms with E-state index in [0.29, 0.717) is 33.4 Å². The standard InChI is InChI=1S/C27H24Cl2N2O5/c1-14-4-3-5-19-24(14)26(34)31(25(19)33)21-9-7-18(10-15(21)2)36-27(35)16-11-23(32)30(13-16)22-12-17(28)6-8-20(22)29/h3-4,6-10,12,14,16,19,24H,5,11,13H2,1-2H3/t14-,16+,19+,24-/m0/s1. The van der Waals surface area contributed by atoms with Gasteiger partial charge in [-0.1, -0.05) is 42.3 Å². The van der Waals surface area contributed by atoms with Crippen LogP contribution < -0.4 is 14.5 Å². The third-order valence-corrected chi connectivity index (χ3v) is 7.71. The summed E-state index contributed by atoms with van der Waals surface area (Å²) in [4.78, 5) is 54.3. The van der Waals surface area contributed by atoms with Crippen molar-refractivity contribution >= 4 is 58.3 Å². The minimum absolute atomic E-state index is 0.00112. The van der Waals surface area contributed by atoms with Gasteiger partial charge in [-0.2, -0.15) is 0 Å². The van der Waals surface area contributed by atoms with E-state index in [-0.39, 0.29) is 54.2 Å². The Bertz CT molecular complexity index is 1320. The largest absolute Gasteiger partial charge is 0.426 e. The molecule has 7 nitrogen and oxygen atoms in total. The number of halogens is 2. The molecule has 2 fully saturated rings. The zero-order valence-corrected chi connectivity index (χ0v) is 21.3. The molecular weight excluding hydrogens is 503 g/mol. The van der Waals surface area contributed by atoms with Crippen LogP contribution in [-0.4, -0.2) is 30.2 Å². The zero-order chi connectivity index (χ0) is 25.7. The summed E-state index contributed by atoms with van der Waals surface area (Å²) < 4.78 is 5.57. The van der Waals surface area contributed by atoms with E-state index in [1.54, 1.807) is 43.3 Å². The number of anilines is 2. The fourth-order valence-corrected chi connectivity index (χ4v) is 5.70. The van der Waals surface area contributed by atoms with E-state index >= 15 is 0 Å². The minimum Gasteiger partial charge on any atom is -0.426 e. The smallest absolute Gasteiger partial charge is 0.316 e. The second-order valence-electron chi connectivity index (χ2n) is 9.54. The highest BCUT2D eigenvalue weighted by molar-refractivity contribution is 6.36. The number of allylic oxidation sites excluding steroid dienone is 2. The Balaban J connectivity index is 1.30. The topological polar surface area (TPSA) is 84.0 Å². The molecule has 2 aromatic carbocycles. The van der Waals surface area contributed by atoms with Crippen molar-refractivity contribution in [3.8, 4) is 5.75 Å². The number of hydrogen-bond acceptors (Lipinski definition) is 5. The van der Waals surface area contributed by atoms with Gasteiger partial charge in [-0.05, 0) is 61.2 Å². The highest BCUT2D eigenvalue weighted by atomic mass is 35.5. The van der Waals surface area contributed by atoms with E-state index in [2.05, 4.69) is 0 Å². The van der Waals surface area contributed by atoms with Crippen LogP contribution in [0.3, 0.4) is 0 Å². The highest BCUT2D eigenvalue weighted by Gasteiger charge is 2.50. The first-order valence-corrected chi connectivity index (χ1v) is 12.5. The van der Waals surface area contributed by atoms with Gasteiger partial charge in [0.15, 0.2) is 0 Å². The third-order valence-electron chi connectivity index (χ3n) is 7.16. The molecular formula is C27H24Cl2N2O5. The quantitative estimate of drug-likeness (QED) is 0.243. The van der Waals surface area contributed by atoms with Gasteiger partial charge in [-0.15, -0.1) is 0 Å².